The highest BCUT2D eigenvalue weighted by Crippen LogP contribution is 2.32. The molecule has 0 unspecified atom stereocenters. The highest BCUT2D eigenvalue weighted by atomic mass is 19.1. The maximum absolute atomic E-state index is 15.2. The van der Waals surface area contributed by atoms with Crippen LogP contribution in [0.4, 0.5) is 4.39 Å². The van der Waals surface area contributed by atoms with Gasteiger partial charge in [-0.3, -0.25) is 0 Å². The zero-order chi connectivity index (χ0) is 17.9. The summed E-state index contributed by atoms with van der Waals surface area (Å²) in [7, 11) is 0. The van der Waals surface area contributed by atoms with Gasteiger partial charge in [-0.05, 0) is 35.6 Å². The van der Waals surface area contributed by atoms with Crippen LogP contribution in [0.15, 0.2) is 72.8 Å². The lowest BCUT2D eigenvalue weighted by molar-refractivity contribution is 0.641. The Morgan fingerprint density at radius 1 is 0.846 bits per heavy atom. The normalized spacial score (nSPS) is 11.2. The zero-order valence-corrected chi connectivity index (χ0v) is 14.9. The van der Waals surface area contributed by atoms with E-state index in [1.165, 1.54) is 18.4 Å². The molecular formula is C24H22FN. The average molecular weight is 343 g/mol. The fraction of sp³-hybridized carbons (Fsp3) is 0.167. The van der Waals surface area contributed by atoms with E-state index in [0.29, 0.717) is 11.1 Å². The number of aromatic nitrogens is 1. The van der Waals surface area contributed by atoms with Gasteiger partial charge in [0.05, 0.1) is 5.52 Å². The third-order valence-corrected chi connectivity index (χ3v) is 4.90. The topological polar surface area (TPSA) is 15.8 Å². The molecule has 0 atom stereocenters. The van der Waals surface area contributed by atoms with E-state index >= 15 is 4.39 Å². The number of halogens is 1. The van der Waals surface area contributed by atoms with Crippen molar-refractivity contribution in [2.45, 2.75) is 26.2 Å². The van der Waals surface area contributed by atoms with Gasteiger partial charge in [0.25, 0.3) is 0 Å². The van der Waals surface area contributed by atoms with Crippen LogP contribution in [-0.4, -0.2) is 4.98 Å². The molecule has 0 saturated heterocycles. The van der Waals surface area contributed by atoms with E-state index in [4.69, 9.17) is 0 Å². The van der Waals surface area contributed by atoms with Crippen molar-refractivity contribution in [2.24, 2.45) is 0 Å². The fourth-order valence-corrected chi connectivity index (χ4v) is 3.39. The number of rotatable bonds is 5. The van der Waals surface area contributed by atoms with Crippen LogP contribution in [0.2, 0.25) is 0 Å². The minimum Gasteiger partial charge on any atom is -0.352 e. The molecule has 1 nitrogen and oxygen atoms in total. The second-order valence-electron chi connectivity index (χ2n) is 6.74. The van der Waals surface area contributed by atoms with Gasteiger partial charge in [0.2, 0.25) is 0 Å². The van der Waals surface area contributed by atoms with E-state index in [1.54, 1.807) is 0 Å². The number of hydrogen-bond donors (Lipinski definition) is 1. The van der Waals surface area contributed by atoms with Crippen LogP contribution >= 0.6 is 0 Å². The van der Waals surface area contributed by atoms with Crippen molar-refractivity contribution in [3.8, 4) is 22.4 Å². The van der Waals surface area contributed by atoms with Gasteiger partial charge in [-0.1, -0.05) is 80.1 Å². The molecule has 1 heterocycles. The second-order valence-corrected chi connectivity index (χ2v) is 6.74. The predicted octanol–water partition coefficient (Wildman–Crippen LogP) is 6.98. The van der Waals surface area contributed by atoms with E-state index in [-0.39, 0.29) is 5.82 Å². The molecule has 0 saturated carbocycles. The van der Waals surface area contributed by atoms with Gasteiger partial charge in [0.1, 0.15) is 0 Å². The van der Waals surface area contributed by atoms with Crippen molar-refractivity contribution in [1.29, 1.82) is 0 Å². The van der Waals surface area contributed by atoms with Gasteiger partial charge >= 0.3 is 0 Å². The van der Waals surface area contributed by atoms with Crippen LogP contribution in [0.5, 0.6) is 0 Å². The third kappa shape index (κ3) is 3.15. The lowest BCUT2D eigenvalue weighted by Gasteiger charge is -2.06. The number of benzene rings is 3. The van der Waals surface area contributed by atoms with Crippen LogP contribution < -0.4 is 0 Å². The molecule has 4 rings (SSSR count). The van der Waals surface area contributed by atoms with Crippen LogP contribution in [-0.2, 0) is 6.42 Å². The van der Waals surface area contributed by atoms with Crippen LogP contribution in [0.1, 0.15) is 25.3 Å². The highest BCUT2D eigenvalue weighted by Gasteiger charge is 2.12. The summed E-state index contributed by atoms with van der Waals surface area (Å²) in [4.78, 5) is 3.25. The summed E-state index contributed by atoms with van der Waals surface area (Å²) in [6.07, 6.45) is 3.45. The number of unbranched alkanes of at least 4 members (excludes halogenated alkanes) is 1. The van der Waals surface area contributed by atoms with Crippen molar-refractivity contribution < 1.29 is 4.39 Å². The quantitative estimate of drug-likeness (QED) is 0.402. The number of aryl methyl sites for hydroxylation is 1. The average Bonchev–Trinajstić information content (AvgIpc) is 3.13. The zero-order valence-electron chi connectivity index (χ0n) is 14.9. The molecule has 0 bridgehead atoms. The molecule has 1 aromatic heterocycles. The number of H-pyrrole nitrogens is 1. The predicted molar refractivity (Wildman–Crippen MR) is 108 cm³/mol. The van der Waals surface area contributed by atoms with Gasteiger partial charge in [-0.15, -0.1) is 0 Å². The molecule has 26 heavy (non-hydrogen) atoms. The summed E-state index contributed by atoms with van der Waals surface area (Å²) in [5.74, 6) is -0.189. The molecular weight excluding hydrogens is 321 g/mol. The van der Waals surface area contributed by atoms with Crippen molar-refractivity contribution in [3.63, 3.8) is 0 Å². The minimum atomic E-state index is -0.189. The Kier molecular flexibility index (Phi) is 4.57. The van der Waals surface area contributed by atoms with Gasteiger partial charge < -0.3 is 4.98 Å². The first-order chi connectivity index (χ1) is 12.8. The molecule has 0 amide bonds. The van der Waals surface area contributed by atoms with E-state index in [9.17, 15) is 0 Å². The Bertz CT molecular complexity index is 1010. The summed E-state index contributed by atoms with van der Waals surface area (Å²) in [5.41, 5.74) is 5.43. The molecule has 0 aliphatic rings. The Morgan fingerprint density at radius 3 is 2.35 bits per heavy atom. The van der Waals surface area contributed by atoms with Crippen molar-refractivity contribution >= 4 is 10.9 Å². The first kappa shape index (κ1) is 16.6. The van der Waals surface area contributed by atoms with Gasteiger partial charge in [0, 0.05) is 16.6 Å². The maximum atomic E-state index is 15.2. The SMILES string of the molecule is CCCCc1ccc(-c2ccc3cc(-c4ccccc4)[nH]c3c2F)cc1. The van der Waals surface area contributed by atoms with Gasteiger partial charge in [-0.2, -0.15) is 0 Å². The largest absolute Gasteiger partial charge is 0.352 e. The number of aromatic amines is 1. The molecule has 3 aromatic carbocycles. The molecule has 0 aliphatic carbocycles. The molecule has 130 valence electrons. The van der Waals surface area contributed by atoms with Gasteiger partial charge in [-0.25, -0.2) is 4.39 Å². The standard InChI is InChI=1S/C24H22FN/c1-2-3-7-17-10-12-18(13-11-17)21-15-14-20-16-22(26-24(20)23(21)25)19-8-5-4-6-9-19/h4-6,8-16,26H,2-3,7H2,1H3. The van der Waals surface area contributed by atoms with Crippen LogP contribution in [0.25, 0.3) is 33.3 Å². The number of fused-ring (bicyclic) bond motifs is 1. The highest BCUT2D eigenvalue weighted by molar-refractivity contribution is 5.90. The summed E-state index contributed by atoms with van der Waals surface area (Å²) < 4.78 is 15.2. The van der Waals surface area contributed by atoms with Crippen LogP contribution in [0.3, 0.4) is 0 Å². The molecule has 2 heteroatoms. The van der Waals surface area contributed by atoms with E-state index < -0.39 is 0 Å². The van der Waals surface area contributed by atoms with E-state index in [1.807, 2.05) is 60.7 Å². The molecule has 0 aliphatic heterocycles. The van der Waals surface area contributed by atoms with Crippen molar-refractivity contribution in [1.82, 2.24) is 4.98 Å². The Balaban J connectivity index is 1.71. The Labute approximate surface area is 153 Å². The molecule has 0 radical (unpaired) electrons. The molecule has 1 N–H and O–H groups in total. The number of nitrogens with one attached hydrogen (secondary N) is 1. The fourth-order valence-electron chi connectivity index (χ4n) is 3.39. The number of hydrogen-bond acceptors (Lipinski definition) is 0. The van der Waals surface area contributed by atoms with Crippen LogP contribution in [0, 0.1) is 5.82 Å². The van der Waals surface area contributed by atoms with E-state index in [0.717, 1.165) is 28.6 Å². The summed E-state index contributed by atoms with van der Waals surface area (Å²) in [6, 6.07) is 24.1. The lowest BCUT2D eigenvalue weighted by atomic mass is 10.0. The summed E-state index contributed by atoms with van der Waals surface area (Å²) in [6.45, 7) is 2.19. The molecule has 0 spiro atoms. The first-order valence-electron chi connectivity index (χ1n) is 9.22. The van der Waals surface area contributed by atoms with Crippen molar-refractivity contribution in [2.75, 3.05) is 0 Å². The Morgan fingerprint density at radius 2 is 1.62 bits per heavy atom. The summed E-state index contributed by atoms with van der Waals surface area (Å²) >= 11 is 0. The first-order valence-corrected chi connectivity index (χ1v) is 9.22. The van der Waals surface area contributed by atoms with Gasteiger partial charge in [0.15, 0.2) is 5.82 Å². The summed E-state index contributed by atoms with van der Waals surface area (Å²) in [5, 5.41) is 0.893. The monoisotopic (exact) mass is 343 g/mol. The molecule has 4 aromatic rings. The molecule has 0 fully saturated rings. The second kappa shape index (κ2) is 7.17. The Hall–Kier alpha value is -2.87. The lowest BCUT2D eigenvalue weighted by Crippen LogP contribution is -1.88. The third-order valence-electron chi connectivity index (χ3n) is 4.90. The van der Waals surface area contributed by atoms with Crippen molar-refractivity contribution in [3.05, 3.63) is 84.2 Å². The van der Waals surface area contributed by atoms with E-state index in [2.05, 4.69) is 24.0 Å². The maximum Gasteiger partial charge on any atom is 0.155 e. The minimum absolute atomic E-state index is 0.189. The smallest absolute Gasteiger partial charge is 0.155 e.